The normalized spacial score (nSPS) is 17.0. The van der Waals surface area contributed by atoms with Gasteiger partial charge in [0, 0.05) is 0 Å². The van der Waals surface area contributed by atoms with Crippen molar-refractivity contribution in [2.45, 2.75) is 45.7 Å². The van der Waals surface area contributed by atoms with E-state index in [0.717, 1.165) is 41.8 Å². The molecule has 29 heavy (non-hydrogen) atoms. The van der Waals surface area contributed by atoms with Crippen LogP contribution in [0.15, 0.2) is 29.1 Å². The third-order valence-electron chi connectivity index (χ3n) is 6.16. The molecule has 0 unspecified atom stereocenters. The molecule has 0 radical (unpaired) electrons. The molecule has 1 aliphatic rings. The van der Waals surface area contributed by atoms with Gasteiger partial charge >= 0.3 is 0 Å². The summed E-state index contributed by atoms with van der Waals surface area (Å²) in [5.74, 6) is 0.728. The van der Waals surface area contributed by atoms with E-state index in [0.29, 0.717) is 18.8 Å². The van der Waals surface area contributed by atoms with Crippen LogP contribution in [-0.4, -0.2) is 51.5 Å². The van der Waals surface area contributed by atoms with Gasteiger partial charge in [-0.25, -0.2) is 4.68 Å². The number of nitrogens with one attached hydrogen (secondary N) is 2. The zero-order valence-electron chi connectivity index (χ0n) is 17.5. The summed E-state index contributed by atoms with van der Waals surface area (Å²) in [5, 5.41) is 13.7. The molecule has 8 nitrogen and oxygen atoms in total. The number of morpholine rings is 1. The molecule has 3 heterocycles. The maximum atomic E-state index is 13.2. The van der Waals surface area contributed by atoms with Crippen molar-refractivity contribution in [1.82, 2.24) is 25.2 Å². The molecule has 0 aliphatic carbocycles. The maximum absolute atomic E-state index is 13.2. The van der Waals surface area contributed by atoms with Crippen LogP contribution in [0.1, 0.15) is 50.2 Å². The average molecular weight is 398 g/mol. The minimum atomic E-state index is -0.256. The Hall–Kier alpha value is -2.58. The lowest BCUT2D eigenvalue weighted by Crippen LogP contribution is -3.14. The van der Waals surface area contributed by atoms with Gasteiger partial charge in [0.15, 0.2) is 6.04 Å². The molecule has 0 saturated carbocycles. The lowest BCUT2D eigenvalue weighted by Gasteiger charge is -2.32. The number of tetrazole rings is 1. The van der Waals surface area contributed by atoms with Crippen molar-refractivity contribution in [2.24, 2.45) is 0 Å². The molecule has 2 N–H and O–H groups in total. The van der Waals surface area contributed by atoms with Crippen LogP contribution in [0.2, 0.25) is 0 Å². The van der Waals surface area contributed by atoms with Gasteiger partial charge in [-0.2, -0.15) is 0 Å². The van der Waals surface area contributed by atoms with E-state index in [1.807, 2.05) is 35.9 Å². The number of aromatic amines is 1. The van der Waals surface area contributed by atoms with Crippen LogP contribution in [0.25, 0.3) is 10.9 Å². The number of aryl methyl sites for hydroxylation is 1. The van der Waals surface area contributed by atoms with Crippen LogP contribution in [0, 0.1) is 6.92 Å². The molecule has 1 fully saturated rings. The Morgan fingerprint density at radius 2 is 2.07 bits per heavy atom. The van der Waals surface area contributed by atoms with Crippen molar-refractivity contribution >= 4 is 10.9 Å². The van der Waals surface area contributed by atoms with Crippen molar-refractivity contribution in [3.63, 3.8) is 0 Å². The Balaban J connectivity index is 1.92. The smallest absolute Gasteiger partial charge is 0.258 e. The number of aromatic nitrogens is 5. The number of benzene rings is 1. The quantitative estimate of drug-likeness (QED) is 0.670. The largest absolute Gasteiger partial charge is 0.370 e. The van der Waals surface area contributed by atoms with E-state index in [1.165, 1.54) is 4.90 Å². The Bertz CT molecular complexity index is 1060. The van der Waals surface area contributed by atoms with E-state index in [1.54, 1.807) is 0 Å². The molecule has 4 rings (SSSR count). The number of hydrogen-bond acceptors (Lipinski definition) is 5. The molecule has 0 amide bonds. The SMILES string of the molecule is CCC(C)(C)n1nnnc1[C@@H](c1cc2cccc(C)c2[nH]c1=O)[NH+]1CCOCC1. The summed E-state index contributed by atoms with van der Waals surface area (Å²) in [4.78, 5) is 17.6. The monoisotopic (exact) mass is 397 g/mol. The third kappa shape index (κ3) is 3.58. The summed E-state index contributed by atoms with van der Waals surface area (Å²) in [6.45, 7) is 11.3. The number of ether oxygens (including phenoxy) is 1. The van der Waals surface area contributed by atoms with Gasteiger partial charge in [0.05, 0.1) is 29.8 Å². The molecule has 0 bridgehead atoms. The standard InChI is InChI=1S/C21H28N6O2/c1-5-21(3,4)27-19(23-24-25-27)18(26-9-11-29-12-10-26)16-13-15-8-6-7-14(2)17(15)22-20(16)28/h6-8,13,18H,5,9-12H2,1-4H3,(H,22,28)/p+1/t18-/m1/s1. The van der Waals surface area contributed by atoms with Crippen LogP contribution in [0.4, 0.5) is 0 Å². The van der Waals surface area contributed by atoms with Crippen LogP contribution >= 0.6 is 0 Å². The maximum Gasteiger partial charge on any atom is 0.258 e. The minimum Gasteiger partial charge on any atom is -0.370 e. The molecule has 2 aromatic heterocycles. The van der Waals surface area contributed by atoms with E-state index in [4.69, 9.17) is 4.74 Å². The summed E-state index contributed by atoms with van der Waals surface area (Å²) in [6, 6.07) is 7.81. The summed E-state index contributed by atoms with van der Waals surface area (Å²) < 4.78 is 7.46. The number of hydrogen-bond donors (Lipinski definition) is 2. The topological polar surface area (TPSA) is 90.1 Å². The summed E-state index contributed by atoms with van der Waals surface area (Å²) in [6.07, 6.45) is 0.878. The first-order valence-electron chi connectivity index (χ1n) is 10.3. The number of nitrogens with zero attached hydrogens (tertiary/aromatic N) is 4. The Morgan fingerprint density at radius 3 is 2.79 bits per heavy atom. The fourth-order valence-corrected chi connectivity index (χ4v) is 4.03. The Labute approximate surface area is 169 Å². The number of H-pyrrole nitrogens is 1. The number of pyridine rings is 1. The van der Waals surface area contributed by atoms with Crippen LogP contribution < -0.4 is 10.5 Å². The van der Waals surface area contributed by atoms with Crippen LogP contribution in [-0.2, 0) is 10.3 Å². The van der Waals surface area contributed by atoms with Gasteiger partial charge in [-0.15, -0.1) is 5.10 Å². The second-order valence-electron chi connectivity index (χ2n) is 8.41. The minimum absolute atomic E-state index is 0.0837. The number of fused-ring (bicyclic) bond motifs is 1. The second kappa shape index (κ2) is 7.68. The molecule has 0 spiro atoms. The highest BCUT2D eigenvalue weighted by atomic mass is 16.5. The lowest BCUT2D eigenvalue weighted by molar-refractivity contribution is -0.934. The van der Waals surface area contributed by atoms with E-state index in [9.17, 15) is 4.79 Å². The van der Waals surface area contributed by atoms with Crippen LogP contribution in [0.5, 0.6) is 0 Å². The zero-order chi connectivity index (χ0) is 20.6. The number of rotatable bonds is 5. The molecule has 1 saturated heterocycles. The molecule has 8 heteroatoms. The van der Waals surface area contributed by atoms with E-state index >= 15 is 0 Å². The highest BCUT2D eigenvalue weighted by molar-refractivity contribution is 5.82. The molecule has 3 aromatic rings. The fraction of sp³-hybridized carbons (Fsp3) is 0.524. The summed E-state index contributed by atoms with van der Waals surface area (Å²) >= 11 is 0. The van der Waals surface area contributed by atoms with Crippen molar-refractivity contribution < 1.29 is 9.64 Å². The summed E-state index contributed by atoms with van der Waals surface area (Å²) in [7, 11) is 0. The van der Waals surface area contributed by atoms with Crippen molar-refractivity contribution in [3.8, 4) is 0 Å². The molecule has 1 aliphatic heterocycles. The fourth-order valence-electron chi connectivity index (χ4n) is 4.03. The average Bonchev–Trinajstić information content (AvgIpc) is 3.21. The zero-order valence-corrected chi connectivity index (χ0v) is 17.5. The Morgan fingerprint density at radius 1 is 1.31 bits per heavy atom. The van der Waals surface area contributed by atoms with E-state index < -0.39 is 0 Å². The van der Waals surface area contributed by atoms with Gasteiger partial charge in [0.25, 0.3) is 5.56 Å². The molecular weight excluding hydrogens is 368 g/mol. The van der Waals surface area contributed by atoms with Gasteiger partial charge in [-0.05, 0) is 54.6 Å². The molecule has 154 valence electrons. The number of quaternary nitrogens is 1. The van der Waals surface area contributed by atoms with E-state index in [-0.39, 0.29) is 17.1 Å². The van der Waals surface area contributed by atoms with Gasteiger partial charge < -0.3 is 14.6 Å². The van der Waals surface area contributed by atoms with Crippen LogP contribution in [0.3, 0.4) is 0 Å². The van der Waals surface area contributed by atoms with Gasteiger partial charge in [0.2, 0.25) is 5.82 Å². The third-order valence-corrected chi connectivity index (χ3v) is 6.16. The molecular formula is C21H29N6O2+. The number of para-hydroxylation sites is 1. The lowest BCUT2D eigenvalue weighted by atomic mass is 9.98. The van der Waals surface area contributed by atoms with Gasteiger partial charge in [-0.3, -0.25) is 4.79 Å². The predicted octanol–water partition coefficient (Wildman–Crippen LogP) is 0.973. The van der Waals surface area contributed by atoms with Gasteiger partial charge in [0.1, 0.15) is 13.1 Å². The van der Waals surface area contributed by atoms with Gasteiger partial charge in [-0.1, -0.05) is 25.1 Å². The van der Waals surface area contributed by atoms with Crippen molar-refractivity contribution in [2.75, 3.05) is 26.3 Å². The molecule has 1 aromatic carbocycles. The summed E-state index contributed by atoms with van der Waals surface area (Å²) in [5.41, 5.74) is 2.30. The van der Waals surface area contributed by atoms with Crippen molar-refractivity contribution in [1.29, 1.82) is 0 Å². The predicted molar refractivity (Wildman–Crippen MR) is 110 cm³/mol. The van der Waals surface area contributed by atoms with Crippen molar-refractivity contribution in [3.05, 3.63) is 51.6 Å². The highest BCUT2D eigenvalue weighted by Crippen LogP contribution is 2.25. The Kier molecular flexibility index (Phi) is 5.23. The second-order valence-corrected chi connectivity index (χ2v) is 8.41. The van der Waals surface area contributed by atoms with E-state index in [2.05, 4.69) is 41.3 Å². The highest BCUT2D eigenvalue weighted by Gasteiger charge is 2.37. The first-order chi connectivity index (χ1) is 13.9. The first kappa shape index (κ1) is 19.7. The molecule has 1 atom stereocenters. The first-order valence-corrected chi connectivity index (χ1v) is 10.3.